The van der Waals surface area contributed by atoms with Crippen LogP contribution in [0.3, 0.4) is 0 Å². The number of sulfonamides is 1. The second-order valence-electron chi connectivity index (χ2n) is 5.35. The Labute approximate surface area is 115 Å². The van der Waals surface area contributed by atoms with E-state index < -0.39 is 10.0 Å². The topological polar surface area (TPSA) is 49.4 Å². The van der Waals surface area contributed by atoms with Crippen molar-refractivity contribution in [2.75, 3.05) is 13.1 Å². The molecule has 0 aromatic heterocycles. The van der Waals surface area contributed by atoms with Gasteiger partial charge in [0.15, 0.2) is 0 Å². The van der Waals surface area contributed by atoms with Crippen LogP contribution in [0.25, 0.3) is 0 Å². The third-order valence-corrected chi connectivity index (χ3v) is 6.04. The van der Waals surface area contributed by atoms with Gasteiger partial charge in [-0.05, 0) is 51.0 Å². The van der Waals surface area contributed by atoms with Crippen LogP contribution in [0.2, 0.25) is 0 Å². The monoisotopic (exact) mass is 282 g/mol. The van der Waals surface area contributed by atoms with E-state index in [0.29, 0.717) is 18.0 Å². The summed E-state index contributed by atoms with van der Waals surface area (Å²) < 4.78 is 27.0. The molecule has 4 nitrogen and oxygen atoms in total. The van der Waals surface area contributed by atoms with E-state index in [1.807, 2.05) is 33.8 Å². The molecule has 1 aliphatic rings. The molecule has 1 N–H and O–H groups in total. The Hall–Kier alpha value is -0.910. The molecular weight excluding hydrogens is 260 g/mol. The minimum absolute atomic E-state index is 0.0274. The number of hydrogen-bond donors (Lipinski definition) is 1. The van der Waals surface area contributed by atoms with Crippen molar-refractivity contribution < 1.29 is 8.42 Å². The molecule has 0 spiro atoms. The summed E-state index contributed by atoms with van der Waals surface area (Å²) in [7, 11) is -3.39. The Balaban J connectivity index is 2.38. The molecule has 0 amide bonds. The number of hydrogen-bond acceptors (Lipinski definition) is 3. The fourth-order valence-corrected chi connectivity index (χ4v) is 4.16. The molecule has 1 fully saturated rings. The van der Waals surface area contributed by atoms with Gasteiger partial charge in [-0.2, -0.15) is 4.31 Å². The molecule has 2 unspecified atom stereocenters. The van der Waals surface area contributed by atoms with Gasteiger partial charge in [-0.15, -0.1) is 0 Å². The van der Waals surface area contributed by atoms with Gasteiger partial charge in [-0.25, -0.2) is 8.42 Å². The van der Waals surface area contributed by atoms with Crippen LogP contribution in [0.1, 0.15) is 25.0 Å². The third-order valence-electron chi connectivity index (χ3n) is 4.06. The van der Waals surface area contributed by atoms with Crippen molar-refractivity contribution in [2.24, 2.45) is 0 Å². The smallest absolute Gasteiger partial charge is 0.243 e. The quantitative estimate of drug-likeness (QED) is 0.898. The first-order chi connectivity index (χ1) is 8.84. The molecule has 1 aromatic rings. The van der Waals surface area contributed by atoms with E-state index in [1.54, 1.807) is 16.4 Å². The maximum Gasteiger partial charge on any atom is 0.243 e. The molecule has 0 radical (unpaired) electrons. The van der Waals surface area contributed by atoms with Gasteiger partial charge < -0.3 is 5.32 Å². The highest BCUT2D eigenvalue weighted by molar-refractivity contribution is 7.89. The molecule has 5 heteroatoms. The third kappa shape index (κ3) is 2.68. The predicted molar refractivity (Wildman–Crippen MR) is 76.7 cm³/mol. The van der Waals surface area contributed by atoms with Gasteiger partial charge in [-0.1, -0.05) is 6.07 Å². The van der Waals surface area contributed by atoms with Crippen LogP contribution in [0.5, 0.6) is 0 Å². The lowest BCUT2D eigenvalue weighted by Gasteiger charge is -2.37. The number of benzene rings is 1. The van der Waals surface area contributed by atoms with E-state index in [9.17, 15) is 8.42 Å². The maximum atomic E-state index is 12.7. The lowest BCUT2D eigenvalue weighted by molar-refractivity contribution is 0.233. The lowest BCUT2D eigenvalue weighted by atomic mass is 10.1. The second-order valence-corrected chi connectivity index (χ2v) is 7.24. The van der Waals surface area contributed by atoms with E-state index in [-0.39, 0.29) is 12.1 Å². The van der Waals surface area contributed by atoms with Crippen molar-refractivity contribution in [1.82, 2.24) is 9.62 Å². The van der Waals surface area contributed by atoms with Gasteiger partial charge in [-0.3, -0.25) is 0 Å². The summed E-state index contributed by atoms with van der Waals surface area (Å²) in [5, 5.41) is 3.30. The zero-order valence-electron chi connectivity index (χ0n) is 12.0. The molecular formula is C14H22N2O2S. The fraction of sp³-hybridized carbons (Fsp3) is 0.571. The number of rotatable bonds is 2. The summed E-state index contributed by atoms with van der Waals surface area (Å²) in [5.41, 5.74) is 2.12. The number of nitrogens with zero attached hydrogens (tertiary/aromatic N) is 1. The van der Waals surface area contributed by atoms with Crippen molar-refractivity contribution in [1.29, 1.82) is 0 Å². The summed E-state index contributed by atoms with van der Waals surface area (Å²) in [6.45, 7) is 9.14. The van der Waals surface area contributed by atoms with Crippen molar-refractivity contribution in [3.8, 4) is 0 Å². The Morgan fingerprint density at radius 3 is 2.53 bits per heavy atom. The van der Waals surface area contributed by atoms with E-state index in [1.165, 1.54) is 0 Å². The highest BCUT2D eigenvalue weighted by Crippen LogP contribution is 2.23. The van der Waals surface area contributed by atoms with Crippen LogP contribution < -0.4 is 5.32 Å². The van der Waals surface area contributed by atoms with E-state index in [2.05, 4.69) is 5.32 Å². The molecule has 1 aliphatic heterocycles. The summed E-state index contributed by atoms with van der Waals surface area (Å²) in [5.74, 6) is 0. The van der Waals surface area contributed by atoms with Crippen molar-refractivity contribution in [2.45, 2.75) is 44.7 Å². The summed E-state index contributed by atoms with van der Waals surface area (Å²) in [6.07, 6.45) is 0. The van der Waals surface area contributed by atoms with Crippen LogP contribution in [0, 0.1) is 13.8 Å². The molecule has 0 saturated carbocycles. The first-order valence-electron chi connectivity index (χ1n) is 6.66. The molecule has 0 aliphatic carbocycles. The van der Waals surface area contributed by atoms with Crippen LogP contribution in [-0.4, -0.2) is 37.9 Å². The molecule has 2 rings (SSSR count). The van der Waals surface area contributed by atoms with E-state index in [0.717, 1.165) is 11.1 Å². The zero-order valence-corrected chi connectivity index (χ0v) is 12.8. The SMILES string of the molecule is Cc1ccc(S(=O)(=O)N2CCNC(C)C2C)cc1C. The predicted octanol–water partition coefficient (Wildman–Crippen LogP) is 1.67. The van der Waals surface area contributed by atoms with Crippen molar-refractivity contribution >= 4 is 10.0 Å². The molecule has 2 atom stereocenters. The minimum atomic E-state index is -3.39. The highest BCUT2D eigenvalue weighted by atomic mass is 32.2. The van der Waals surface area contributed by atoms with Gasteiger partial charge in [0.1, 0.15) is 0 Å². The van der Waals surface area contributed by atoms with Crippen LogP contribution in [0.4, 0.5) is 0 Å². The lowest BCUT2D eigenvalue weighted by Crippen LogP contribution is -2.57. The van der Waals surface area contributed by atoms with Crippen molar-refractivity contribution in [3.63, 3.8) is 0 Å². The number of aryl methyl sites for hydroxylation is 2. The summed E-state index contributed by atoms with van der Waals surface area (Å²) >= 11 is 0. The van der Waals surface area contributed by atoms with Crippen LogP contribution >= 0.6 is 0 Å². The van der Waals surface area contributed by atoms with E-state index >= 15 is 0 Å². The van der Waals surface area contributed by atoms with Gasteiger partial charge in [0, 0.05) is 25.2 Å². The normalized spacial score (nSPS) is 25.5. The molecule has 19 heavy (non-hydrogen) atoms. The zero-order chi connectivity index (χ0) is 14.2. The Bertz CT molecular complexity index is 569. The van der Waals surface area contributed by atoms with E-state index in [4.69, 9.17) is 0 Å². The average molecular weight is 282 g/mol. The standard InChI is InChI=1S/C14H22N2O2S/c1-10-5-6-14(9-11(10)2)19(17,18)16-8-7-15-12(3)13(16)4/h5-6,9,12-13,15H,7-8H2,1-4H3. The summed E-state index contributed by atoms with van der Waals surface area (Å²) in [4.78, 5) is 0.400. The Morgan fingerprint density at radius 1 is 1.21 bits per heavy atom. The molecule has 1 heterocycles. The second kappa shape index (κ2) is 5.23. The first kappa shape index (κ1) is 14.5. The van der Waals surface area contributed by atoms with Gasteiger partial charge in [0.05, 0.1) is 4.90 Å². The Kier molecular flexibility index (Phi) is 3.99. The number of piperazine rings is 1. The molecule has 0 bridgehead atoms. The van der Waals surface area contributed by atoms with Gasteiger partial charge in [0.25, 0.3) is 0 Å². The van der Waals surface area contributed by atoms with Crippen molar-refractivity contribution in [3.05, 3.63) is 29.3 Å². The van der Waals surface area contributed by atoms with Crippen LogP contribution in [-0.2, 0) is 10.0 Å². The Morgan fingerprint density at radius 2 is 1.89 bits per heavy atom. The molecule has 1 saturated heterocycles. The van der Waals surface area contributed by atoms with Crippen LogP contribution in [0.15, 0.2) is 23.1 Å². The highest BCUT2D eigenvalue weighted by Gasteiger charge is 2.34. The number of nitrogens with one attached hydrogen (secondary N) is 1. The van der Waals surface area contributed by atoms with Gasteiger partial charge >= 0.3 is 0 Å². The fourth-order valence-electron chi connectivity index (χ4n) is 2.37. The summed E-state index contributed by atoms with van der Waals surface area (Å²) in [6, 6.07) is 5.50. The first-order valence-corrected chi connectivity index (χ1v) is 8.10. The van der Waals surface area contributed by atoms with Gasteiger partial charge in [0.2, 0.25) is 10.0 Å². The molecule has 106 valence electrons. The minimum Gasteiger partial charge on any atom is -0.311 e. The largest absolute Gasteiger partial charge is 0.311 e. The molecule has 1 aromatic carbocycles. The maximum absolute atomic E-state index is 12.7. The average Bonchev–Trinajstić information content (AvgIpc) is 2.35.